The van der Waals surface area contributed by atoms with Crippen LogP contribution in [0.3, 0.4) is 0 Å². The number of thioether (sulfide) groups is 1. The smallest absolute Gasteiger partial charge is 0.410 e. The van der Waals surface area contributed by atoms with Crippen molar-refractivity contribution in [1.82, 2.24) is 14.5 Å². The van der Waals surface area contributed by atoms with Gasteiger partial charge in [0.2, 0.25) is 5.91 Å². The van der Waals surface area contributed by atoms with Crippen LogP contribution in [0.2, 0.25) is 0 Å². The molecule has 1 atom stereocenters. The van der Waals surface area contributed by atoms with Crippen molar-refractivity contribution in [1.29, 1.82) is 5.41 Å². The second-order valence-corrected chi connectivity index (χ2v) is 14.9. The Morgan fingerprint density at radius 3 is 2.26 bits per heavy atom. The molecule has 0 spiro atoms. The molecule has 270 valence electrons. The quantitative estimate of drug-likeness (QED) is 0.129. The van der Waals surface area contributed by atoms with Crippen LogP contribution in [0.1, 0.15) is 83.1 Å². The van der Waals surface area contributed by atoms with Crippen LogP contribution in [0.5, 0.6) is 11.5 Å². The van der Waals surface area contributed by atoms with E-state index in [1.165, 1.54) is 18.9 Å². The standard InChI is InChI=1S/C37H49N5O7S/c1-37(2,3)49-36(45)41-18-16-28(17-19-41)48-27-13-11-26(12-14-27)47-22-32-40-29-21-25(34(39)50-5)10-15-30(29)42(32)31(33(38)43)20-23-6-8-24(9-7-23)35(44)46-4/h10-15,21,23-24,28,31,39H,6-9,16-20,22H2,1-5H3,(H2,38,43). The fourth-order valence-corrected chi connectivity index (χ4v) is 7.12. The highest BCUT2D eigenvalue weighted by Gasteiger charge is 2.32. The predicted octanol–water partition coefficient (Wildman–Crippen LogP) is 6.48. The minimum Gasteiger partial charge on any atom is -0.490 e. The SMILES string of the molecule is COC(=O)C1CCC(CC(C(N)=O)n2c(COc3ccc(OC4CCN(C(=O)OC(C)(C)C)CC4)cc3)nc3cc(C(=N)SC)ccc32)CC1. The molecule has 5 rings (SSSR count). The van der Waals surface area contributed by atoms with E-state index in [1.807, 2.05) is 74.1 Å². The Bertz CT molecular complexity index is 1670. The number of imidazole rings is 1. The number of rotatable bonds is 11. The highest BCUT2D eigenvalue weighted by atomic mass is 32.2. The van der Waals surface area contributed by atoms with Crippen molar-refractivity contribution in [3.8, 4) is 11.5 Å². The highest BCUT2D eigenvalue weighted by molar-refractivity contribution is 8.13. The molecule has 13 heteroatoms. The zero-order chi connectivity index (χ0) is 36.0. The topological polar surface area (TPSA) is 159 Å². The van der Waals surface area contributed by atoms with E-state index >= 15 is 0 Å². The van der Waals surface area contributed by atoms with Gasteiger partial charge in [0.15, 0.2) is 0 Å². The number of primary amides is 1. The number of fused-ring (bicyclic) bond motifs is 1. The monoisotopic (exact) mass is 707 g/mol. The first kappa shape index (κ1) is 37.0. The lowest BCUT2D eigenvalue weighted by molar-refractivity contribution is -0.147. The van der Waals surface area contributed by atoms with E-state index in [0.29, 0.717) is 73.1 Å². The Morgan fingerprint density at radius 1 is 1.00 bits per heavy atom. The molecule has 2 heterocycles. The van der Waals surface area contributed by atoms with Gasteiger partial charge >= 0.3 is 12.1 Å². The van der Waals surface area contributed by atoms with Crippen LogP contribution in [-0.4, -0.2) is 75.6 Å². The average molecular weight is 708 g/mol. The molecule has 1 aromatic heterocycles. The summed E-state index contributed by atoms with van der Waals surface area (Å²) in [6, 6.07) is 12.3. The minimum absolute atomic E-state index is 0.0147. The summed E-state index contributed by atoms with van der Waals surface area (Å²) in [6.45, 7) is 6.82. The number of hydrogen-bond acceptors (Lipinski definition) is 10. The Hall–Kier alpha value is -4.26. The Morgan fingerprint density at radius 2 is 1.66 bits per heavy atom. The number of amides is 2. The maximum absolute atomic E-state index is 13.1. The highest BCUT2D eigenvalue weighted by Crippen LogP contribution is 2.36. The van der Waals surface area contributed by atoms with Gasteiger partial charge in [-0.3, -0.25) is 15.0 Å². The maximum atomic E-state index is 13.1. The normalized spacial score (nSPS) is 19.1. The number of methoxy groups -OCH3 is 1. The van der Waals surface area contributed by atoms with Crippen molar-refractivity contribution < 1.29 is 33.3 Å². The number of benzene rings is 2. The number of esters is 1. The van der Waals surface area contributed by atoms with E-state index in [9.17, 15) is 14.4 Å². The number of carbonyl (C=O) groups is 3. The number of aromatic nitrogens is 2. The molecule has 2 fully saturated rings. The molecular formula is C37H49N5O7S. The molecule has 50 heavy (non-hydrogen) atoms. The summed E-state index contributed by atoms with van der Waals surface area (Å²) < 4.78 is 24.8. The molecule has 3 N–H and O–H groups in total. The third-order valence-electron chi connectivity index (χ3n) is 9.39. The van der Waals surface area contributed by atoms with Gasteiger partial charge in [-0.2, -0.15) is 0 Å². The molecule has 2 aromatic carbocycles. The van der Waals surface area contributed by atoms with Gasteiger partial charge < -0.3 is 34.1 Å². The lowest BCUT2D eigenvalue weighted by Crippen LogP contribution is -2.44. The Labute approximate surface area is 297 Å². The lowest BCUT2D eigenvalue weighted by Gasteiger charge is -2.33. The van der Waals surface area contributed by atoms with Gasteiger partial charge in [-0.15, -0.1) is 11.8 Å². The average Bonchev–Trinajstić information content (AvgIpc) is 3.46. The third kappa shape index (κ3) is 9.29. The van der Waals surface area contributed by atoms with Crippen LogP contribution in [-0.2, 0) is 25.7 Å². The largest absolute Gasteiger partial charge is 0.490 e. The number of nitrogens with zero attached hydrogens (tertiary/aromatic N) is 3. The van der Waals surface area contributed by atoms with Gasteiger partial charge in [-0.25, -0.2) is 9.78 Å². The zero-order valence-electron chi connectivity index (χ0n) is 29.6. The van der Waals surface area contributed by atoms with Crippen LogP contribution < -0.4 is 15.2 Å². The maximum Gasteiger partial charge on any atom is 0.410 e. The first-order valence-electron chi connectivity index (χ1n) is 17.2. The zero-order valence-corrected chi connectivity index (χ0v) is 30.4. The van der Waals surface area contributed by atoms with Gasteiger partial charge in [-0.1, -0.05) is 6.07 Å². The van der Waals surface area contributed by atoms with Crippen molar-refractivity contribution >= 4 is 45.8 Å². The van der Waals surface area contributed by atoms with Crippen LogP contribution in [0.25, 0.3) is 11.0 Å². The van der Waals surface area contributed by atoms with Crippen LogP contribution in [0, 0.1) is 17.2 Å². The summed E-state index contributed by atoms with van der Waals surface area (Å²) in [6.07, 6.45) is 6.51. The van der Waals surface area contributed by atoms with Gasteiger partial charge in [0, 0.05) is 31.5 Å². The van der Waals surface area contributed by atoms with Crippen LogP contribution in [0.15, 0.2) is 42.5 Å². The number of likely N-dealkylation sites (tertiary alicyclic amines) is 1. The van der Waals surface area contributed by atoms with E-state index < -0.39 is 17.6 Å². The molecule has 12 nitrogen and oxygen atoms in total. The Balaban J connectivity index is 1.27. The van der Waals surface area contributed by atoms with Crippen molar-refractivity contribution in [2.24, 2.45) is 17.6 Å². The summed E-state index contributed by atoms with van der Waals surface area (Å²) in [7, 11) is 1.42. The van der Waals surface area contributed by atoms with Gasteiger partial charge in [0.05, 0.1) is 29.1 Å². The predicted molar refractivity (Wildman–Crippen MR) is 193 cm³/mol. The molecule has 1 aliphatic heterocycles. The number of carbonyl (C=O) groups excluding carboxylic acids is 3. The summed E-state index contributed by atoms with van der Waals surface area (Å²) in [5, 5.41) is 8.73. The second kappa shape index (κ2) is 16.2. The number of nitrogens with one attached hydrogen (secondary N) is 1. The van der Waals surface area contributed by atoms with Crippen molar-refractivity contribution in [2.45, 2.75) is 90.1 Å². The van der Waals surface area contributed by atoms with Gasteiger partial charge in [-0.05, 0) is 101 Å². The third-order valence-corrected chi connectivity index (χ3v) is 10.0. The number of ether oxygens (including phenoxy) is 4. The van der Waals surface area contributed by atoms with Gasteiger partial charge in [0.25, 0.3) is 0 Å². The molecule has 1 unspecified atom stereocenters. The fraction of sp³-hybridized carbons (Fsp3) is 0.541. The molecule has 0 radical (unpaired) electrons. The van der Waals surface area contributed by atoms with Crippen molar-refractivity contribution in [3.63, 3.8) is 0 Å². The first-order valence-corrected chi connectivity index (χ1v) is 18.5. The summed E-state index contributed by atoms with van der Waals surface area (Å²) >= 11 is 1.34. The summed E-state index contributed by atoms with van der Waals surface area (Å²) in [5.41, 5.74) is 7.68. The molecule has 1 aliphatic carbocycles. The van der Waals surface area contributed by atoms with E-state index in [0.717, 1.165) is 23.9 Å². The molecular weight excluding hydrogens is 659 g/mol. The van der Waals surface area contributed by atoms with Gasteiger partial charge in [0.1, 0.15) is 41.7 Å². The number of hydrogen-bond donors (Lipinski definition) is 2. The first-order chi connectivity index (χ1) is 23.8. The molecule has 3 aromatic rings. The van der Waals surface area contributed by atoms with E-state index in [-0.39, 0.29) is 36.6 Å². The summed E-state index contributed by atoms with van der Waals surface area (Å²) in [5.74, 6) is 1.33. The molecule has 0 bridgehead atoms. The van der Waals surface area contributed by atoms with E-state index in [4.69, 9.17) is 35.1 Å². The summed E-state index contributed by atoms with van der Waals surface area (Å²) in [4.78, 5) is 44.2. The molecule has 2 amide bonds. The van der Waals surface area contributed by atoms with Crippen molar-refractivity contribution in [3.05, 3.63) is 53.9 Å². The van der Waals surface area contributed by atoms with E-state index in [1.54, 1.807) is 4.90 Å². The number of piperidine rings is 1. The Kier molecular flexibility index (Phi) is 12.0. The van der Waals surface area contributed by atoms with Crippen molar-refractivity contribution in [2.75, 3.05) is 26.5 Å². The number of nitrogens with two attached hydrogens (primary N) is 1. The fourth-order valence-electron chi connectivity index (χ4n) is 6.76. The van der Waals surface area contributed by atoms with E-state index in [2.05, 4.69) is 0 Å². The van der Waals surface area contributed by atoms with Crippen LogP contribution >= 0.6 is 11.8 Å². The van der Waals surface area contributed by atoms with Crippen LogP contribution in [0.4, 0.5) is 4.79 Å². The molecule has 2 aliphatic rings. The lowest BCUT2D eigenvalue weighted by atomic mass is 9.79. The molecule has 1 saturated carbocycles. The minimum atomic E-state index is -0.665. The molecule has 1 saturated heterocycles. The second-order valence-electron chi connectivity index (χ2n) is 14.1.